The topological polar surface area (TPSA) is 68.2 Å². The predicted octanol–water partition coefficient (Wildman–Crippen LogP) is 0.408. The van der Waals surface area contributed by atoms with Crippen LogP contribution in [0.15, 0.2) is 18.3 Å². The summed E-state index contributed by atoms with van der Waals surface area (Å²) >= 11 is 0. The highest BCUT2D eigenvalue weighted by molar-refractivity contribution is 5.45. The lowest BCUT2D eigenvalue weighted by molar-refractivity contribution is 0.938. The van der Waals surface area contributed by atoms with Crippen molar-refractivity contribution in [1.29, 1.82) is 0 Å². The predicted molar refractivity (Wildman–Crippen MR) is 55.3 cm³/mol. The summed E-state index contributed by atoms with van der Waals surface area (Å²) < 4.78 is 1.74. The second-order valence-corrected chi connectivity index (χ2v) is 3.16. The van der Waals surface area contributed by atoms with Gasteiger partial charge in [-0.2, -0.15) is 4.98 Å². The molecular formula is C9H13N5. The summed E-state index contributed by atoms with van der Waals surface area (Å²) in [5.41, 5.74) is 7.40. The van der Waals surface area contributed by atoms with Gasteiger partial charge in [0.25, 0.3) is 0 Å². The minimum atomic E-state index is 0.578. The van der Waals surface area contributed by atoms with Crippen LogP contribution in [0.25, 0.3) is 5.65 Å². The maximum atomic E-state index is 5.37. The lowest BCUT2D eigenvalue weighted by Gasteiger charge is -1.94. The molecule has 0 saturated heterocycles. The number of rotatable bonds is 3. The molecule has 2 aromatic heterocycles. The van der Waals surface area contributed by atoms with E-state index >= 15 is 0 Å². The smallest absolute Gasteiger partial charge is 0.243 e. The molecule has 0 saturated carbocycles. The molecule has 74 valence electrons. The molecule has 0 amide bonds. The van der Waals surface area contributed by atoms with Crippen LogP contribution >= 0.6 is 0 Å². The van der Waals surface area contributed by atoms with Gasteiger partial charge in [0.05, 0.1) is 0 Å². The molecule has 0 aromatic carbocycles. The number of hydrogen-bond donors (Lipinski definition) is 2. The lowest BCUT2D eigenvalue weighted by atomic mass is 10.3. The molecule has 0 aliphatic rings. The van der Waals surface area contributed by atoms with Crippen molar-refractivity contribution in [2.75, 3.05) is 18.4 Å². The Balaban J connectivity index is 2.32. The minimum Gasteiger partial charge on any atom is -0.352 e. The van der Waals surface area contributed by atoms with Crippen molar-refractivity contribution in [3.63, 3.8) is 0 Å². The molecule has 0 unspecified atom stereocenters. The Bertz CT molecular complexity index is 434. The number of nitrogens with one attached hydrogen (secondary N) is 1. The van der Waals surface area contributed by atoms with Crippen molar-refractivity contribution in [3.8, 4) is 0 Å². The van der Waals surface area contributed by atoms with E-state index < -0.39 is 0 Å². The highest BCUT2D eigenvalue weighted by Crippen LogP contribution is 2.06. The van der Waals surface area contributed by atoms with Crippen LogP contribution in [0, 0.1) is 6.92 Å². The van der Waals surface area contributed by atoms with Crippen LogP contribution in [0.4, 0.5) is 5.95 Å². The minimum absolute atomic E-state index is 0.578. The third-order valence-corrected chi connectivity index (χ3v) is 1.92. The zero-order valence-corrected chi connectivity index (χ0v) is 8.07. The summed E-state index contributed by atoms with van der Waals surface area (Å²) in [4.78, 5) is 4.30. The van der Waals surface area contributed by atoms with Crippen molar-refractivity contribution < 1.29 is 0 Å². The Morgan fingerprint density at radius 1 is 1.57 bits per heavy atom. The summed E-state index contributed by atoms with van der Waals surface area (Å²) in [5.74, 6) is 0.626. The summed E-state index contributed by atoms with van der Waals surface area (Å²) in [6.07, 6.45) is 1.89. The summed E-state index contributed by atoms with van der Waals surface area (Å²) in [6, 6.07) is 3.98. The first-order valence-corrected chi connectivity index (χ1v) is 4.56. The average Bonchev–Trinajstić information content (AvgIpc) is 2.56. The van der Waals surface area contributed by atoms with Crippen molar-refractivity contribution in [2.45, 2.75) is 6.92 Å². The van der Waals surface area contributed by atoms with Gasteiger partial charge in [-0.25, -0.2) is 4.52 Å². The number of nitrogens with zero attached hydrogens (tertiary/aromatic N) is 3. The molecule has 0 aliphatic heterocycles. The van der Waals surface area contributed by atoms with E-state index in [1.807, 2.05) is 25.3 Å². The summed E-state index contributed by atoms with van der Waals surface area (Å²) in [6.45, 7) is 3.30. The Hall–Kier alpha value is -1.62. The van der Waals surface area contributed by atoms with Gasteiger partial charge in [-0.1, -0.05) is 0 Å². The quantitative estimate of drug-likeness (QED) is 0.737. The molecule has 0 fully saturated rings. The van der Waals surface area contributed by atoms with E-state index in [0.29, 0.717) is 19.0 Å². The fraction of sp³-hybridized carbons (Fsp3) is 0.333. The maximum absolute atomic E-state index is 5.37. The molecule has 0 atom stereocenters. The maximum Gasteiger partial charge on any atom is 0.243 e. The molecule has 14 heavy (non-hydrogen) atoms. The molecule has 5 nitrogen and oxygen atoms in total. The molecule has 2 heterocycles. The molecule has 0 radical (unpaired) electrons. The van der Waals surface area contributed by atoms with E-state index in [4.69, 9.17) is 5.73 Å². The van der Waals surface area contributed by atoms with Crippen LogP contribution in [0.1, 0.15) is 5.56 Å². The highest BCUT2D eigenvalue weighted by Gasteiger charge is 2.01. The van der Waals surface area contributed by atoms with Crippen LogP contribution in [-0.2, 0) is 0 Å². The molecular weight excluding hydrogens is 178 g/mol. The first kappa shape index (κ1) is 8.96. The fourth-order valence-corrected chi connectivity index (χ4v) is 1.24. The van der Waals surface area contributed by atoms with E-state index in [1.54, 1.807) is 4.52 Å². The van der Waals surface area contributed by atoms with Crippen LogP contribution in [0.3, 0.4) is 0 Å². The second kappa shape index (κ2) is 3.63. The van der Waals surface area contributed by atoms with Crippen LogP contribution in [0.5, 0.6) is 0 Å². The first-order chi connectivity index (χ1) is 6.79. The molecule has 2 rings (SSSR count). The van der Waals surface area contributed by atoms with Crippen LogP contribution in [-0.4, -0.2) is 27.7 Å². The Labute approximate surface area is 81.9 Å². The Morgan fingerprint density at radius 2 is 2.43 bits per heavy atom. The van der Waals surface area contributed by atoms with E-state index in [1.165, 1.54) is 5.56 Å². The van der Waals surface area contributed by atoms with Crippen LogP contribution < -0.4 is 11.1 Å². The second-order valence-electron chi connectivity index (χ2n) is 3.16. The van der Waals surface area contributed by atoms with Crippen molar-refractivity contribution in [1.82, 2.24) is 14.6 Å². The van der Waals surface area contributed by atoms with Gasteiger partial charge in [-0.3, -0.25) is 0 Å². The Morgan fingerprint density at radius 3 is 3.21 bits per heavy atom. The van der Waals surface area contributed by atoms with Gasteiger partial charge < -0.3 is 11.1 Å². The monoisotopic (exact) mass is 191 g/mol. The van der Waals surface area contributed by atoms with Gasteiger partial charge in [0.15, 0.2) is 5.65 Å². The third kappa shape index (κ3) is 1.67. The average molecular weight is 191 g/mol. The van der Waals surface area contributed by atoms with Gasteiger partial charge in [0, 0.05) is 19.3 Å². The molecule has 0 bridgehead atoms. The molecule has 5 heteroatoms. The number of hydrogen-bond acceptors (Lipinski definition) is 4. The molecule has 2 aromatic rings. The van der Waals surface area contributed by atoms with Gasteiger partial charge in [0.1, 0.15) is 0 Å². The molecule has 0 aliphatic carbocycles. The zero-order valence-electron chi connectivity index (χ0n) is 8.07. The van der Waals surface area contributed by atoms with Gasteiger partial charge in [-0.05, 0) is 24.6 Å². The highest BCUT2D eigenvalue weighted by atomic mass is 15.3. The first-order valence-electron chi connectivity index (χ1n) is 4.56. The van der Waals surface area contributed by atoms with Crippen molar-refractivity contribution >= 4 is 11.6 Å². The Kier molecular flexibility index (Phi) is 2.32. The number of nitrogens with two attached hydrogens (primary N) is 1. The summed E-state index contributed by atoms with van der Waals surface area (Å²) in [7, 11) is 0. The SMILES string of the molecule is Cc1ccn2nc(NCCN)nc2c1. The number of anilines is 1. The summed E-state index contributed by atoms with van der Waals surface area (Å²) in [5, 5.41) is 7.27. The standard InChI is InChI=1S/C9H13N5/c1-7-2-5-14-8(6-7)12-9(13-14)11-4-3-10/h2,5-6H,3-4,10H2,1H3,(H,11,13). The number of aromatic nitrogens is 3. The normalized spacial score (nSPS) is 10.7. The molecule has 3 N–H and O–H groups in total. The number of fused-ring (bicyclic) bond motifs is 1. The number of pyridine rings is 1. The fourth-order valence-electron chi connectivity index (χ4n) is 1.24. The van der Waals surface area contributed by atoms with Crippen molar-refractivity contribution in [3.05, 3.63) is 23.9 Å². The zero-order chi connectivity index (χ0) is 9.97. The van der Waals surface area contributed by atoms with Gasteiger partial charge >= 0.3 is 0 Å². The van der Waals surface area contributed by atoms with Crippen molar-refractivity contribution in [2.24, 2.45) is 5.73 Å². The third-order valence-electron chi connectivity index (χ3n) is 1.92. The van der Waals surface area contributed by atoms with E-state index in [-0.39, 0.29) is 0 Å². The van der Waals surface area contributed by atoms with Crippen LogP contribution in [0.2, 0.25) is 0 Å². The van der Waals surface area contributed by atoms with E-state index in [9.17, 15) is 0 Å². The van der Waals surface area contributed by atoms with E-state index in [2.05, 4.69) is 15.4 Å². The lowest BCUT2D eigenvalue weighted by Crippen LogP contribution is -2.13. The van der Waals surface area contributed by atoms with E-state index in [0.717, 1.165) is 5.65 Å². The largest absolute Gasteiger partial charge is 0.352 e. The van der Waals surface area contributed by atoms with Gasteiger partial charge in [0.2, 0.25) is 5.95 Å². The number of aryl methyl sites for hydroxylation is 1. The van der Waals surface area contributed by atoms with Gasteiger partial charge in [-0.15, -0.1) is 5.10 Å². The molecule has 0 spiro atoms.